The summed E-state index contributed by atoms with van der Waals surface area (Å²) >= 11 is 0. The van der Waals surface area contributed by atoms with E-state index in [0.29, 0.717) is 0 Å². The molecule has 0 aliphatic heterocycles. The van der Waals surface area contributed by atoms with Gasteiger partial charge in [0.05, 0.1) is 16.0 Å². The van der Waals surface area contributed by atoms with Crippen LogP contribution in [0.15, 0.2) is 18.2 Å². The highest BCUT2D eigenvalue weighted by Gasteiger charge is 2.25. The number of non-ortho nitro benzene ring substituents is 1. The van der Waals surface area contributed by atoms with Gasteiger partial charge >= 0.3 is 5.97 Å². The number of rotatable bonds is 6. The van der Waals surface area contributed by atoms with Crippen molar-refractivity contribution in [3.05, 3.63) is 44.0 Å². The Hall–Kier alpha value is -2.84. The summed E-state index contributed by atoms with van der Waals surface area (Å²) < 4.78 is 4.76. The molecule has 0 atom stereocenters. The average molecular weight is 296 g/mol. The Morgan fingerprint density at radius 3 is 2.29 bits per heavy atom. The summed E-state index contributed by atoms with van der Waals surface area (Å²) in [6, 6.07) is 2.56. The van der Waals surface area contributed by atoms with Crippen LogP contribution in [0.4, 0.5) is 11.4 Å². The Morgan fingerprint density at radius 2 is 1.81 bits per heavy atom. The van der Waals surface area contributed by atoms with E-state index in [1.165, 1.54) is 0 Å². The van der Waals surface area contributed by atoms with Crippen LogP contribution in [0, 0.1) is 20.2 Å². The van der Waals surface area contributed by atoms with Crippen molar-refractivity contribution in [2.75, 3.05) is 0 Å². The molecule has 0 amide bonds. The van der Waals surface area contributed by atoms with E-state index >= 15 is 0 Å². The van der Waals surface area contributed by atoms with Crippen LogP contribution in [-0.4, -0.2) is 27.7 Å². The van der Waals surface area contributed by atoms with Gasteiger partial charge in [-0.3, -0.25) is 29.8 Å². The zero-order valence-electron chi connectivity index (χ0n) is 11.3. The molecule has 1 rings (SSSR count). The minimum atomic E-state index is -0.906. The average Bonchev–Trinajstić information content (AvgIpc) is 2.36. The van der Waals surface area contributed by atoms with Crippen LogP contribution >= 0.6 is 0 Å². The van der Waals surface area contributed by atoms with E-state index in [0.717, 1.165) is 18.2 Å². The molecule has 0 saturated heterocycles. The molecule has 1 aromatic rings. The van der Waals surface area contributed by atoms with Crippen molar-refractivity contribution < 1.29 is 24.2 Å². The van der Waals surface area contributed by atoms with Gasteiger partial charge in [0.15, 0.2) is 5.78 Å². The summed E-state index contributed by atoms with van der Waals surface area (Å²) in [5, 5.41) is 21.5. The highest BCUT2D eigenvalue weighted by molar-refractivity contribution is 6.08. The summed E-state index contributed by atoms with van der Waals surface area (Å²) in [4.78, 5) is 43.2. The Balaban J connectivity index is 3.11. The van der Waals surface area contributed by atoms with Crippen LogP contribution in [0.2, 0.25) is 0 Å². The van der Waals surface area contributed by atoms with Crippen LogP contribution in [0.3, 0.4) is 0 Å². The lowest BCUT2D eigenvalue weighted by atomic mass is 10.1. The van der Waals surface area contributed by atoms with E-state index in [2.05, 4.69) is 0 Å². The molecular formula is C12H12N2O7. The highest BCUT2D eigenvalue weighted by atomic mass is 16.6. The molecule has 0 unspecified atom stereocenters. The van der Waals surface area contributed by atoms with E-state index in [4.69, 9.17) is 4.74 Å². The van der Waals surface area contributed by atoms with Crippen molar-refractivity contribution in [1.82, 2.24) is 0 Å². The van der Waals surface area contributed by atoms with E-state index in [1.54, 1.807) is 13.8 Å². The van der Waals surface area contributed by atoms with Gasteiger partial charge in [0.25, 0.3) is 11.4 Å². The molecule has 21 heavy (non-hydrogen) atoms. The maximum atomic E-state index is 11.9. The number of esters is 1. The van der Waals surface area contributed by atoms with E-state index in [-0.39, 0.29) is 0 Å². The molecule has 0 fully saturated rings. The lowest BCUT2D eigenvalue weighted by molar-refractivity contribution is -0.389. The number of nitro benzene ring substituents is 2. The Kier molecular flexibility index (Phi) is 5.06. The molecule has 0 aliphatic rings. The van der Waals surface area contributed by atoms with Gasteiger partial charge in [-0.15, -0.1) is 0 Å². The smallest absolute Gasteiger partial charge is 0.313 e. The second-order valence-corrected chi connectivity index (χ2v) is 4.35. The third-order valence-corrected chi connectivity index (χ3v) is 2.36. The van der Waals surface area contributed by atoms with Crippen molar-refractivity contribution >= 4 is 23.1 Å². The molecule has 1 aromatic carbocycles. The fourth-order valence-corrected chi connectivity index (χ4v) is 1.55. The molecule has 0 radical (unpaired) electrons. The molecule has 0 aliphatic carbocycles. The van der Waals surface area contributed by atoms with Crippen molar-refractivity contribution in [2.45, 2.75) is 26.4 Å². The quantitative estimate of drug-likeness (QED) is 0.258. The monoisotopic (exact) mass is 296 g/mol. The number of nitrogens with zero attached hydrogens (tertiary/aromatic N) is 2. The summed E-state index contributed by atoms with van der Waals surface area (Å²) in [5.41, 5.74) is -1.56. The number of carbonyl (C=O) groups excluding carboxylic acids is 2. The van der Waals surface area contributed by atoms with Gasteiger partial charge in [0.2, 0.25) is 0 Å². The number of hydrogen-bond donors (Lipinski definition) is 0. The molecular weight excluding hydrogens is 284 g/mol. The van der Waals surface area contributed by atoms with Crippen LogP contribution < -0.4 is 0 Å². The summed E-state index contributed by atoms with van der Waals surface area (Å²) in [5.74, 6) is -1.76. The summed E-state index contributed by atoms with van der Waals surface area (Å²) in [7, 11) is 0. The molecule has 0 bridgehead atoms. The molecule has 0 spiro atoms. The maximum absolute atomic E-state index is 11.9. The topological polar surface area (TPSA) is 130 Å². The van der Waals surface area contributed by atoms with Gasteiger partial charge in [-0.2, -0.15) is 0 Å². The molecule has 112 valence electrons. The number of hydrogen-bond acceptors (Lipinski definition) is 7. The van der Waals surface area contributed by atoms with Crippen molar-refractivity contribution in [3.8, 4) is 0 Å². The van der Waals surface area contributed by atoms with Gasteiger partial charge in [0, 0.05) is 18.2 Å². The van der Waals surface area contributed by atoms with Gasteiger partial charge in [0.1, 0.15) is 12.0 Å². The van der Waals surface area contributed by atoms with Crippen LogP contribution in [0.25, 0.3) is 0 Å². The zero-order valence-corrected chi connectivity index (χ0v) is 11.3. The number of ketones is 1. The second kappa shape index (κ2) is 6.55. The zero-order chi connectivity index (χ0) is 16.2. The maximum Gasteiger partial charge on any atom is 0.313 e. The fourth-order valence-electron chi connectivity index (χ4n) is 1.55. The number of ether oxygens (including phenoxy) is 1. The van der Waals surface area contributed by atoms with Crippen molar-refractivity contribution in [2.24, 2.45) is 0 Å². The minimum absolute atomic E-state index is 0.439. The Morgan fingerprint density at radius 1 is 1.19 bits per heavy atom. The Labute approximate surface area is 118 Å². The van der Waals surface area contributed by atoms with Crippen molar-refractivity contribution in [3.63, 3.8) is 0 Å². The first kappa shape index (κ1) is 16.2. The summed E-state index contributed by atoms with van der Waals surface area (Å²) in [6.07, 6.45) is -1.16. The standard InChI is InChI=1S/C12H12N2O7/c1-7(2)21-12(16)6-11(15)9-5-8(13(17)18)3-4-10(9)14(19)20/h3-5,7H,6H2,1-2H3. The first-order valence-electron chi connectivity index (χ1n) is 5.88. The van der Waals surface area contributed by atoms with Crippen LogP contribution in [-0.2, 0) is 9.53 Å². The molecule has 9 heteroatoms. The Bertz CT molecular complexity index is 610. The fraction of sp³-hybridized carbons (Fsp3) is 0.333. The molecule has 0 heterocycles. The van der Waals surface area contributed by atoms with Crippen LogP contribution in [0.1, 0.15) is 30.6 Å². The second-order valence-electron chi connectivity index (χ2n) is 4.35. The third kappa shape index (κ3) is 4.34. The van der Waals surface area contributed by atoms with E-state index in [1.807, 2.05) is 0 Å². The normalized spacial score (nSPS) is 10.2. The van der Waals surface area contributed by atoms with Crippen LogP contribution in [0.5, 0.6) is 0 Å². The van der Waals surface area contributed by atoms with E-state index < -0.39 is 51.1 Å². The number of Topliss-reactive ketones (excluding diaryl/α,β-unsaturated/α-hetero) is 1. The van der Waals surface area contributed by atoms with Crippen molar-refractivity contribution in [1.29, 1.82) is 0 Å². The van der Waals surface area contributed by atoms with E-state index in [9.17, 15) is 29.8 Å². The molecule has 9 nitrogen and oxygen atoms in total. The third-order valence-electron chi connectivity index (χ3n) is 2.36. The number of benzene rings is 1. The predicted molar refractivity (Wildman–Crippen MR) is 69.9 cm³/mol. The van der Waals surface area contributed by atoms with Gasteiger partial charge in [-0.05, 0) is 13.8 Å². The lowest BCUT2D eigenvalue weighted by Crippen LogP contribution is -2.16. The summed E-state index contributed by atoms with van der Waals surface area (Å²) in [6.45, 7) is 3.16. The highest BCUT2D eigenvalue weighted by Crippen LogP contribution is 2.25. The number of nitro groups is 2. The first-order valence-corrected chi connectivity index (χ1v) is 5.88. The molecule has 0 saturated carbocycles. The minimum Gasteiger partial charge on any atom is -0.463 e. The van der Waals surface area contributed by atoms with Gasteiger partial charge in [-0.1, -0.05) is 0 Å². The predicted octanol–water partition coefficient (Wildman–Crippen LogP) is 2.03. The SMILES string of the molecule is CC(C)OC(=O)CC(=O)c1cc([N+](=O)[O-])ccc1[N+](=O)[O-]. The van der Waals surface area contributed by atoms with Gasteiger partial charge in [-0.25, -0.2) is 0 Å². The molecule has 0 N–H and O–H groups in total. The first-order chi connectivity index (χ1) is 9.72. The number of carbonyl (C=O) groups is 2. The lowest BCUT2D eigenvalue weighted by Gasteiger charge is -2.07. The largest absolute Gasteiger partial charge is 0.463 e. The molecule has 0 aromatic heterocycles. The van der Waals surface area contributed by atoms with Gasteiger partial charge < -0.3 is 4.74 Å².